The highest BCUT2D eigenvalue weighted by Gasteiger charge is 2.13. The van der Waals surface area contributed by atoms with Crippen molar-refractivity contribution < 1.29 is 19.0 Å². The summed E-state index contributed by atoms with van der Waals surface area (Å²) in [5.41, 5.74) is 2.25. The third-order valence-corrected chi connectivity index (χ3v) is 5.85. The van der Waals surface area contributed by atoms with Crippen molar-refractivity contribution in [2.75, 3.05) is 44.0 Å². The van der Waals surface area contributed by atoms with Crippen molar-refractivity contribution in [1.82, 2.24) is 9.99 Å². The number of hydrogen-bond acceptors (Lipinski definition) is 8. The molecule has 196 valence electrons. The molecule has 1 aliphatic heterocycles. The zero-order valence-corrected chi connectivity index (χ0v) is 21.1. The van der Waals surface area contributed by atoms with Gasteiger partial charge in [-0.3, -0.25) is 9.99 Å². The monoisotopic (exact) mass is 523 g/mol. The summed E-state index contributed by atoms with van der Waals surface area (Å²) in [5.74, 6) is 2.28. The Balaban J connectivity index is 1.24. The maximum atomic E-state index is 12.3. The molecule has 1 aromatic heterocycles. The molecule has 39 heavy (non-hydrogen) atoms. The Morgan fingerprint density at radius 3 is 2.36 bits per heavy atom. The molecule has 11 heteroatoms. The van der Waals surface area contributed by atoms with E-state index in [9.17, 15) is 4.79 Å². The molecule has 0 radical (unpaired) electrons. The van der Waals surface area contributed by atoms with Gasteiger partial charge < -0.3 is 24.8 Å². The summed E-state index contributed by atoms with van der Waals surface area (Å²) >= 11 is 0. The fourth-order valence-corrected chi connectivity index (χ4v) is 3.89. The second-order valence-corrected chi connectivity index (χ2v) is 8.45. The molecule has 0 aliphatic carbocycles. The van der Waals surface area contributed by atoms with E-state index in [1.54, 1.807) is 80.0 Å². The van der Waals surface area contributed by atoms with Gasteiger partial charge in [-0.25, -0.2) is 9.64 Å². The lowest BCUT2D eigenvalue weighted by atomic mass is 10.1. The lowest BCUT2D eigenvalue weighted by Gasteiger charge is -2.15. The van der Waals surface area contributed by atoms with Gasteiger partial charge in [-0.2, -0.15) is 5.11 Å². The number of fused-ring (bicyclic) bond motifs is 1. The molecule has 0 saturated heterocycles. The number of urea groups is 1. The highest BCUT2D eigenvalue weighted by molar-refractivity contribution is 5.99. The molecular weight excluding hydrogens is 498 g/mol. The van der Waals surface area contributed by atoms with E-state index in [2.05, 4.69) is 30.8 Å². The smallest absolute Gasteiger partial charge is 0.323 e. The van der Waals surface area contributed by atoms with Crippen LogP contribution < -0.4 is 24.8 Å². The summed E-state index contributed by atoms with van der Waals surface area (Å²) in [7, 11) is 1.59. The van der Waals surface area contributed by atoms with Gasteiger partial charge in [-0.05, 0) is 66.7 Å². The zero-order chi connectivity index (χ0) is 27.0. The number of carbonyl (C=O) groups excluding carboxylic acids is 1. The van der Waals surface area contributed by atoms with E-state index < -0.39 is 0 Å². The minimum atomic E-state index is -0.372. The number of hydrogen-bond donors (Lipinski definition) is 2. The van der Waals surface area contributed by atoms with Crippen molar-refractivity contribution in [3.8, 4) is 23.0 Å². The number of benzene rings is 3. The Morgan fingerprint density at radius 2 is 1.72 bits per heavy atom. The molecule has 0 fully saturated rings. The second kappa shape index (κ2) is 11.8. The van der Waals surface area contributed by atoms with Crippen LogP contribution in [0.1, 0.15) is 0 Å². The van der Waals surface area contributed by atoms with Crippen LogP contribution in [0.25, 0.3) is 15.7 Å². The fourth-order valence-electron chi connectivity index (χ4n) is 3.89. The van der Waals surface area contributed by atoms with Crippen LogP contribution >= 0.6 is 0 Å². The number of methoxy groups -OCH3 is 1. The zero-order valence-electron chi connectivity index (χ0n) is 21.1. The summed E-state index contributed by atoms with van der Waals surface area (Å²) < 4.78 is 17.1. The third-order valence-electron chi connectivity index (χ3n) is 5.85. The number of pyridine rings is 1. The van der Waals surface area contributed by atoms with E-state index in [4.69, 9.17) is 20.8 Å². The van der Waals surface area contributed by atoms with E-state index in [0.717, 1.165) is 6.54 Å². The normalized spacial score (nSPS) is 12.2. The maximum Gasteiger partial charge on any atom is 0.323 e. The Hall–Kier alpha value is -5.37. The van der Waals surface area contributed by atoms with Crippen molar-refractivity contribution >= 4 is 34.0 Å². The van der Waals surface area contributed by atoms with E-state index in [0.29, 0.717) is 70.7 Å². The van der Waals surface area contributed by atoms with Crippen molar-refractivity contribution in [2.24, 2.45) is 10.3 Å². The summed E-state index contributed by atoms with van der Waals surface area (Å²) in [6.45, 7) is 10.0. The lowest BCUT2D eigenvalue weighted by Crippen LogP contribution is -2.22. The Kier molecular flexibility index (Phi) is 7.64. The number of nitrogens with one attached hydrogen (secondary N) is 2. The molecule has 4 aromatic rings. The van der Waals surface area contributed by atoms with E-state index >= 15 is 0 Å². The predicted molar refractivity (Wildman–Crippen MR) is 147 cm³/mol. The lowest BCUT2D eigenvalue weighted by molar-refractivity contribution is 0.230. The van der Waals surface area contributed by atoms with Gasteiger partial charge in [0.05, 0.1) is 38.8 Å². The van der Waals surface area contributed by atoms with Crippen LogP contribution in [-0.2, 0) is 0 Å². The molecule has 5 rings (SSSR count). The van der Waals surface area contributed by atoms with Gasteiger partial charge in [0, 0.05) is 23.0 Å². The van der Waals surface area contributed by atoms with E-state index in [-0.39, 0.29) is 6.03 Å². The van der Waals surface area contributed by atoms with Crippen molar-refractivity contribution in [2.45, 2.75) is 0 Å². The van der Waals surface area contributed by atoms with Crippen LogP contribution in [-0.4, -0.2) is 49.4 Å². The average molecular weight is 524 g/mol. The number of ether oxygens (including phenoxy) is 3. The molecule has 1 aliphatic rings. The minimum Gasteiger partial charge on any atom is -0.503 e. The van der Waals surface area contributed by atoms with Crippen LogP contribution in [0.3, 0.4) is 0 Å². The Labute approximate surface area is 224 Å². The quantitative estimate of drug-likeness (QED) is 0.249. The Morgan fingerprint density at radius 1 is 1.00 bits per heavy atom. The van der Waals surface area contributed by atoms with Crippen molar-refractivity contribution in [3.05, 3.63) is 84.3 Å². The van der Waals surface area contributed by atoms with Gasteiger partial charge in [-0.15, -0.1) is 0 Å². The highest BCUT2D eigenvalue weighted by Crippen LogP contribution is 2.37. The van der Waals surface area contributed by atoms with Crippen molar-refractivity contribution in [1.29, 1.82) is 0 Å². The SMILES string of the molecule is [C-]#[N+]c1cc2c(Oc3ccc(NC(=O)Nc4ccc(OC)cc4)cc3)ccnc2cc1OCCN1CCN=N1. The minimum absolute atomic E-state index is 0.366. The molecule has 0 atom stereocenters. The third kappa shape index (κ3) is 6.31. The molecule has 0 spiro atoms. The highest BCUT2D eigenvalue weighted by atomic mass is 16.5. The first-order chi connectivity index (χ1) is 19.1. The summed E-state index contributed by atoms with van der Waals surface area (Å²) in [6.07, 6.45) is 1.64. The predicted octanol–water partition coefficient (Wildman–Crippen LogP) is 6.29. The number of amides is 2. The first-order valence-electron chi connectivity index (χ1n) is 12.2. The second-order valence-electron chi connectivity index (χ2n) is 8.45. The largest absolute Gasteiger partial charge is 0.503 e. The topological polar surface area (TPSA) is 114 Å². The average Bonchev–Trinajstić information content (AvgIpc) is 3.48. The number of anilines is 2. The number of carbonyl (C=O) groups is 1. The van der Waals surface area contributed by atoms with Crippen LogP contribution in [0.15, 0.2) is 83.3 Å². The van der Waals surface area contributed by atoms with Crippen LogP contribution in [0, 0.1) is 6.57 Å². The number of rotatable bonds is 9. The first kappa shape index (κ1) is 25.3. The van der Waals surface area contributed by atoms with Crippen molar-refractivity contribution in [3.63, 3.8) is 0 Å². The summed E-state index contributed by atoms with van der Waals surface area (Å²) in [5, 5.41) is 16.0. The molecule has 0 unspecified atom stereocenters. The van der Waals surface area contributed by atoms with Gasteiger partial charge >= 0.3 is 6.03 Å². The van der Waals surface area contributed by atoms with Crippen LogP contribution in [0.5, 0.6) is 23.0 Å². The van der Waals surface area contributed by atoms with Crippen LogP contribution in [0.2, 0.25) is 0 Å². The van der Waals surface area contributed by atoms with Crippen LogP contribution in [0.4, 0.5) is 21.9 Å². The van der Waals surface area contributed by atoms with E-state index in [1.807, 2.05) is 5.01 Å². The maximum absolute atomic E-state index is 12.3. The molecule has 11 nitrogen and oxygen atoms in total. The molecular formula is C28H25N7O4. The number of aromatic nitrogens is 1. The van der Waals surface area contributed by atoms with Gasteiger partial charge in [0.25, 0.3) is 0 Å². The molecule has 2 N–H and O–H groups in total. The molecule has 3 aromatic carbocycles. The van der Waals surface area contributed by atoms with E-state index in [1.165, 1.54) is 0 Å². The first-order valence-corrected chi connectivity index (χ1v) is 12.2. The van der Waals surface area contributed by atoms with Gasteiger partial charge in [0.1, 0.15) is 29.6 Å². The summed E-state index contributed by atoms with van der Waals surface area (Å²) in [6, 6.07) is 18.8. The molecule has 0 bridgehead atoms. The molecule has 0 saturated carbocycles. The number of nitrogens with zero attached hydrogens (tertiary/aromatic N) is 5. The standard InChI is InChI=1S/C28H25N7O4/c1-29-25-17-23-24(18-27(25)38-16-15-35-14-13-31-34-35)30-12-11-26(23)39-22-9-5-20(6-10-22)33-28(36)32-19-3-7-21(37-2)8-4-19/h3-12,17-18H,13-16H2,2H3,(H2,32,33,36). The van der Waals surface area contributed by atoms with Gasteiger partial charge in [0.2, 0.25) is 5.69 Å². The molecule has 2 heterocycles. The van der Waals surface area contributed by atoms with Gasteiger partial charge in [-0.1, -0.05) is 5.22 Å². The molecule has 2 amide bonds. The fraction of sp³-hybridized carbons (Fsp3) is 0.179. The Bertz CT molecular complexity index is 1530. The van der Waals surface area contributed by atoms with Gasteiger partial charge in [0.15, 0.2) is 0 Å². The summed E-state index contributed by atoms with van der Waals surface area (Å²) in [4.78, 5) is 20.4.